The Labute approximate surface area is 172 Å². The van der Waals surface area contributed by atoms with Crippen LogP contribution in [0.3, 0.4) is 0 Å². The highest BCUT2D eigenvalue weighted by molar-refractivity contribution is 9.10. The van der Waals surface area contributed by atoms with Crippen molar-refractivity contribution < 1.29 is 14.1 Å². The Balaban J connectivity index is 1.75. The fourth-order valence-electron chi connectivity index (χ4n) is 2.78. The molecule has 0 aliphatic rings. The number of carbonyl (C=O) groups is 1. The van der Waals surface area contributed by atoms with Gasteiger partial charge in [-0.1, -0.05) is 11.2 Å². The molecule has 1 amide bonds. The molecule has 0 radical (unpaired) electrons. The number of rotatable bonds is 6. The molecule has 2 aromatic heterocycles. The Morgan fingerprint density at radius 1 is 1.29 bits per heavy atom. The third kappa shape index (κ3) is 4.11. The second kappa shape index (κ2) is 8.18. The molecule has 1 aromatic carbocycles. The van der Waals surface area contributed by atoms with E-state index in [1.807, 2.05) is 32.2 Å². The van der Waals surface area contributed by atoms with E-state index < -0.39 is 0 Å². The van der Waals surface area contributed by atoms with Crippen molar-refractivity contribution in [2.75, 3.05) is 7.05 Å². The van der Waals surface area contributed by atoms with Gasteiger partial charge in [-0.25, -0.2) is 0 Å². The molecule has 0 unspecified atom stereocenters. The van der Waals surface area contributed by atoms with Gasteiger partial charge in [0.25, 0.3) is 5.91 Å². The van der Waals surface area contributed by atoms with Crippen molar-refractivity contribution in [1.82, 2.24) is 19.8 Å². The van der Waals surface area contributed by atoms with Crippen molar-refractivity contribution in [2.24, 2.45) is 7.05 Å². The number of amides is 1. The fraction of sp³-hybridized carbons (Fsp3) is 0.350. The molecule has 0 saturated carbocycles. The maximum Gasteiger partial charge on any atom is 0.276 e. The number of ether oxygens (including phenoxy) is 1. The van der Waals surface area contributed by atoms with Crippen LogP contribution in [0.2, 0.25) is 0 Å². The van der Waals surface area contributed by atoms with Crippen molar-refractivity contribution in [1.29, 1.82) is 0 Å². The summed E-state index contributed by atoms with van der Waals surface area (Å²) in [5, 5.41) is 8.15. The smallest absolute Gasteiger partial charge is 0.276 e. The van der Waals surface area contributed by atoms with Crippen LogP contribution in [-0.4, -0.2) is 32.8 Å². The number of halogens is 1. The summed E-state index contributed by atoms with van der Waals surface area (Å²) in [6, 6.07) is 5.90. The maximum atomic E-state index is 12.9. The summed E-state index contributed by atoms with van der Waals surface area (Å²) in [5.41, 5.74) is 4.16. The molecule has 28 heavy (non-hydrogen) atoms. The molecular formula is C20H23BrN4O3. The van der Waals surface area contributed by atoms with Gasteiger partial charge in [-0.15, -0.1) is 0 Å². The normalized spacial score (nSPS) is 10.9. The molecule has 0 N–H and O–H groups in total. The molecule has 0 atom stereocenters. The number of benzene rings is 1. The Kier molecular flexibility index (Phi) is 5.88. The minimum absolute atomic E-state index is 0.210. The third-order valence-corrected chi connectivity index (χ3v) is 5.46. The summed E-state index contributed by atoms with van der Waals surface area (Å²) in [6.07, 6.45) is 1.71. The van der Waals surface area contributed by atoms with Crippen molar-refractivity contribution in [3.8, 4) is 5.75 Å². The molecule has 0 aliphatic heterocycles. The fourth-order valence-corrected chi connectivity index (χ4v) is 3.25. The zero-order chi connectivity index (χ0) is 20.4. The first-order valence-electron chi connectivity index (χ1n) is 8.85. The average Bonchev–Trinajstić information content (AvgIpc) is 3.18. The second-order valence-electron chi connectivity index (χ2n) is 6.82. The van der Waals surface area contributed by atoms with Gasteiger partial charge in [0.1, 0.15) is 18.1 Å². The van der Waals surface area contributed by atoms with Gasteiger partial charge >= 0.3 is 0 Å². The summed E-state index contributed by atoms with van der Waals surface area (Å²) in [6.45, 7) is 6.46. The lowest BCUT2D eigenvalue weighted by Crippen LogP contribution is -2.28. The van der Waals surface area contributed by atoms with Gasteiger partial charge in [-0.2, -0.15) is 5.10 Å². The largest absolute Gasteiger partial charge is 0.489 e. The number of hydrogen-bond donors (Lipinski definition) is 0. The van der Waals surface area contributed by atoms with Crippen LogP contribution in [0.15, 0.2) is 33.4 Å². The molecule has 0 spiro atoms. The van der Waals surface area contributed by atoms with Crippen LogP contribution in [-0.2, 0) is 20.2 Å². The van der Waals surface area contributed by atoms with Crippen LogP contribution in [0.4, 0.5) is 0 Å². The van der Waals surface area contributed by atoms with Gasteiger partial charge in [0, 0.05) is 14.1 Å². The topological polar surface area (TPSA) is 73.4 Å². The molecule has 0 aliphatic carbocycles. The Morgan fingerprint density at radius 2 is 2.04 bits per heavy atom. The van der Waals surface area contributed by atoms with E-state index in [4.69, 9.17) is 9.26 Å². The predicted octanol–water partition coefficient (Wildman–Crippen LogP) is 3.95. The first-order valence-corrected chi connectivity index (χ1v) is 9.64. The van der Waals surface area contributed by atoms with E-state index in [9.17, 15) is 4.79 Å². The molecular weight excluding hydrogens is 424 g/mol. The SMILES string of the molecule is Cc1ccc(OCc2c(C(=O)N(C)Cc3c(Br)cnn3C)noc2C)cc1C. The van der Waals surface area contributed by atoms with Crippen molar-refractivity contribution in [3.05, 3.63) is 62.7 Å². The Hall–Kier alpha value is -2.61. The van der Waals surface area contributed by atoms with Crippen LogP contribution < -0.4 is 4.74 Å². The van der Waals surface area contributed by atoms with Gasteiger partial charge in [0.15, 0.2) is 5.69 Å². The van der Waals surface area contributed by atoms with E-state index in [2.05, 4.69) is 33.1 Å². The number of aromatic nitrogens is 3. The standard InChI is InChI=1S/C20H23BrN4O3/c1-12-6-7-15(8-13(12)2)27-11-16-14(3)28-23-19(16)20(26)24(4)10-18-17(21)9-22-25(18)5/h6-9H,10-11H2,1-5H3. The van der Waals surface area contributed by atoms with Crippen LogP contribution in [0.5, 0.6) is 5.75 Å². The molecule has 3 aromatic rings. The van der Waals surface area contributed by atoms with Crippen molar-refractivity contribution in [3.63, 3.8) is 0 Å². The van der Waals surface area contributed by atoms with E-state index in [-0.39, 0.29) is 18.2 Å². The van der Waals surface area contributed by atoms with E-state index in [1.165, 1.54) is 5.56 Å². The summed E-state index contributed by atoms with van der Waals surface area (Å²) in [7, 11) is 3.56. The number of aryl methyl sites for hydroxylation is 4. The highest BCUT2D eigenvalue weighted by Gasteiger charge is 2.24. The van der Waals surface area contributed by atoms with Gasteiger partial charge in [0.2, 0.25) is 0 Å². The summed E-state index contributed by atoms with van der Waals surface area (Å²) < 4.78 is 13.7. The summed E-state index contributed by atoms with van der Waals surface area (Å²) in [4.78, 5) is 14.5. The highest BCUT2D eigenvalue weighted by Crippen LogP contribution is 2.22. The number of nitrogens with zero attached hydrogens (tertiary/aromatic N) is 4. The van der Waals surface area contributed by atoms with Crippen LogP contribution in [0, 0.1) is 20.8 Å². The van der Waals surface area contributed by atoms with E-state index in [0.29, 0.717) is 17.9 Å². The quantitative estimate of drug-likeness (QED) is 0.572. The van der Waals surface area contributed by atoms with Crippen LogP contribution in [0.1, 0.15) is 38.6 Å². The maximum absolute atomic E-state index is 12.9. The van der Waals surface area contributed by atoms with Crippen LogP contribution in [0.25, 0.3) is 0 Å². The summed E-state index contributed by atoms with van der Waals surface area (Å²) in [5.74, 6) is 1.08. The molecule has 2 heterocycles. The lowest BCUT2D eigenvalue weighted by molar-refractivity contribution is 0.0769. The predicted molar refractivity (Wildman–Crippen MR) is 108 cm³/mol. The minimum atomic E-state index is -0.233. The molecule has 0 bridgehead atoms. The van der Waals surface area contributed by atoms with Crippen molar-refractivity contribution in [2.45, 2.75) is 33.9 Å². The lowest BCUT2D eigenvalue weighted by atomic mass is 10.1. The van der Waals surface area contributed by atoms with Gasteiger partial charge < -0.3 is 14.2 Å². The molecule has 0 saturated heterocycles. The van der Waals surface area contributed by atoms with E-state index >= 15 is 0 Å². The second-order valence-corrected chi connectivity index (χ2v) is 7.68. The number of carbonyl (C=O) groups excluding carboxylic acids is 1. The monoisotopic (exact) mass is 446 g/mol. The molecule has 7 nitrogen and oxygen atoms in total. The van der Waals surface area contributed by atoms with E-state index in [1.54, 1.807) is 29.7 Å². The molecule has 148 valence electrons. The van der Waals surface area contributed by atoms with Gasteiger partial charge in [-0.05, 0) is 60.0 Å². The van der Waals surface area contributed by atoms with Gasteiger partial charge in [-0.3, -0.25) is 9.48 Å². The van der Waals surface area contributed by atoms with Crippen molar-refractivity contribution >= 4 is 21.8 Å². The average molecular weight is 447 g/mol. The highest BCUT2D eigenvalue weighted by atomic mass is 79.9. The van der Waals surface area contributed by atoms with E-state index in [0.717, 1.165) is 21.5 Å². The Morgan fingerprint density at radius 3 is 2.68 bits per heavy atom. The number of hydrogen-bond acceptors (Lipinski definition) is 5. The zero-order valence-electron chi connectivity index (χ0n) is 16.6. The first-order chi connectivity index (χ1) is 13.3. The van der Waals surface area contributed by atoms with Crippen LogP contribution >= 0.6 is 15.9 Å². The molecule has 3 rings (SSSR count). The minimum Gasteiger partial charge on any atom is -0.489 e. The van der Waals surface area contributed by atoms with Gasteiger partial charge in [0.05, 0.1) is 28.5 Å². The summed E-state index contributed by atoms with van der Waals surface area (Å²) >= 11 is 3.46. The molecule has 8 heteroatoms. The first kappa shape index (κ1) is 20.1. The third-order valence-electron chi connectivity index (χ3n) is 4.79. The zero-order valence-corrected chi connectivity index (χ0v) is 18.2. The lowest BCUT2D eigenvalue weighted by Gasteiger charge is -2.17. The Bertz CT molecular complexity index is 990. The molecule has 0 fully saturated rings.